The van der Waals surface area contributed by atoms with Gasteiger partial charge in [0.1, 0.15) is 0 Å². The third-order valence-electron chi connectivity index (χ3n) is 1.57. The molecule has 0 aliphatic carbocycles. The lowest BCUT2D eigenvalue weighted by molar-refractivity contribution is 0.583. The molecule has 0 aromatic carbocycles. The Bertz CT molecular complexity index is 195. The van der Waals surface area contributed by atoms with E-state index in [9.17, 15) is 0 Å². The van der Waals surface area contributed by atoms with E-state index in [1.807, 2.05) is 0 Å². The molecule has 17 heavy (non-hydrogen) atoms. The number of aliphatic imine (C=N–C) groups is 2. The summed E-state index contributed by atoms with van der Waals surface area (Å²) in [6, 6.07) is 0. The van der Waals surface area contributed by atoms with Crippen molar-refractivity contribution in [2.24, 2.45) is 9.98 Å². The number of rotatable bonds is 3. The summed E-state index contributed by atoms with van der Waals surface area (Å²) in [7, 11) is 0. The van der Waals surface area contributed by atoms with Crippen LogP contribution in [0.4, 0.5) is 0 Å². The van der Waals surface area contributed by atoms with Crippen LogP contribution in [0, 0.1) is 0 Å². The Kier molecular flexibility index (Phi) is 11.1. The third kappa shape index (κ3) is 25.8. The minimum atomic E-state index is 0.00387. The minimum absolute atomic E-state index is 0.00387. The van der Waals surface area contributed by atoms with E-state index in [4.69, 9.17) is 0 Å². The van der Waals surface area contributed by atoms with Crippen LogP contribution in [0.15, 0.2) is 9.98 Å². The molecule has 0 amide bonds. The largest absolute Gasteiger partial charge is 0.286 e. The van der Waals surface area contributed by atoms with Crippen LogP contribution in [0.1, 0.15) is 55.4 Å². The SMILES string of the molecule is CC(C)(C)N=CC=NC(C)(C)C.C[CH2][Al][CH2]C. The average molecular weight is 253 g/mol. The van der Waals surface area contributed by atoms with Gasteiger partial charge in [0.25, 0.3) is 0 Å². The molecular formula is C14H30AlN2. The zero-order valence-corrected chi connectivity index (χ0v) is 14.2. The van der Waals surface area contributed by atoms with E-state index >= 15 is 0 Å². The highest BCUT2D eigenvalue weighted by Crippen LogP contribution is 2.05. The van der Waals surface area contributed by atoms with Crippen LogP contribution in [0.5, 0.6) is 0 Å². The molecule has 0 aliphatic heterocycles. The van der Waals surface area contributed by atoms with Crippen molar-refractivity contribution in [3.05, 3.63) is 0 Å². The molecule has 0 heterocycles. The molecule has 99 valence electrons. The third-order valence-corrected chi connectivity index (χ3v) is 2.72. The summed E-state index contributed by atoms with van der Waals surface area (Å²) in [4.78, 5) is 8.57. The fourth-order valence-electron chi connectivity index (χ4n) is 0.803. The predicted octanol–water partition coefficient (Wildman–Crippen LogP) is 4.29. The highest BCUT2D eigenvalue weighted by atomic mass is 27.1. The Morgan fingerprint density at radius 3 is 1.18 bits per heavy atom. The Hall–Kier alpha value is -0.128. The van der Waals surface area contributed by atoms with Gasteiger partial charge in [0.05, 0.1) is 11.1 Å². The first-order valence-electron chi connectivity index (χ1n) is 6.53. The van der Waals surface area contributed by atoms with E-state index in [0.717, 1.165) is 15.2 Å². The van der Waals surface area contributed by atoms with Crippen molar-refractivity contribution in [3.8, 4) is 0 Å². The molecule has 2 nitrogen and oxygen atoms in total. The van der Waals surface area contributed by atoms with Gasteiger partial charge in [-0.1, -0.05) is 13.8 Å². The van der Waals surface area contributed by atoms with Crippen LogP contribution in [0.25, 0.3) is 0 Å². The Morgan fingerprint density at radius 2 is 1.06 bits per heavy atom. The van der Waals surface area contributed by atoms with Gasteiger partial charge in [-0.05, 0) is 41.5 Å². The molecule has 0 aliphatic rings. The van der Waals surface area contributed by atoms with Gasteiger partial charge in [-0.2, -0.15) is 0 Å². The molecular weight excluding hydrogens is 223 g/mol. The number of nitrogens with zero attached hydrogens (tertiary/aromatic N) is 2. The molecule has 0 saturated heterocycles. The summed E-state index contributed by atoms with van der Waals surface area (Å²) >= 11 is 0.815. The van der Waals surface area contributed by atoms with Crippen LogP contribution >= 0.6 is 0 Å². The van der Waals surface area contributed by atoms with Crippen LogP contribution in [0.2, 0.25) is 10.6 Å². The molecule has 0 fully saturated rings. The summed E-state index contributed by atoms with van der Waals surface area (Å²) in [5.41, 5.74) is 0.00775. The normalized spacial score (nSPS) is 12.7. The fraction of sp³-hybridized carbons (Fsp3) is 0.857. The number of hydrogen-bond acceptors (Lipinski definition) is 2. The van der Waals surface area contributed by atoms with Crippen LogP contribution in [0.3, 0.4) is 0 Å². The van der Waals surface area contributed by atoms with Gasteiger partial charge in [0, 0.05) is 12.4 Å². The van der Waals surface area contributed by atoms with E-state index in [-0.39, 0.29) is 11.1 Å². The van der Waals surface area contributed by atoms with Crippen molar-refractivity contribution in [2.75, 3.05) is 0 Å². The molecule has 0 aromatic heterocycles. The lowest BCUT2D eigenvalue weighted by atomic mass is 10.1. The maximum absolute atomic E-state index is 4.29. The maximum atomic E-state index is 4.29. The molecule has 3 heteroatoms. The molecule has 0 aromatic rings. The molecule has 0 bridgehead atoms. The smallest absolute Gasteiger partial charge is 0.198 e. The van der Waals surface area contributed by atoms with Gasteiger partial charge < -0.3 is 0 Å². The summed E-state index contributed by atoms with van der Waals surface area (Å²) in [5.74, 6) is 0. The second-order valence-corrected chi connectivity index (χ2v) is 8.21. The zero-order chi connectivity index (χ0) is 13.9. The van der Waals surface area contributed by atoms with E-state index in [1.54, 1.807) is 12.4 Å². The Balaban J connectivity index is 0. The molecule has 0 N–H and O–H groups in total. The van der Waals surface area contributed by atoms with Crippen molar-refractivity contribution < 1.29 is 0 Å². The highest BCUT2D eigenvalue weighted by molar-refractivity contribution is 6.34. The standard InChI is InChI=1S/C10H20N2.2C2H5.Al/c1-9(2,3)11-7-8-12-10(4,5)6;2*1-2;/h7-8H,1-6H3;2*1H2,2H3;. The fourth-order valence-corrected chi connectivity index (χ4v) is 1.38. The van der Waals surface area contributed by atoms with Gasteiger partial charge in [-0.25, -0.2) is 0 Å². The van der Waals surface area contributed by atoms with Crippen LogP contribution < -0.4 is 0 Å². The number of hydrogen-bond donors (Lipinski definition) is 0. The van der Waals surface area contributed by atoms with Gasteiger partial charge in [0.2, 0.25) is 0 Å². The van der Waals surface area contributed by atoms with E-state index in [1.165, 1.54) is 10.6 Å². The molecule has 1 radical (unpaired) electrons. The lowest BCUT2D eigenvalue weighted by Gasteiger charge is -2.11. The summed E-state index contributed by atoms with van der Waals surface area (Å²) < 4.78 is 0. The Morgan fingerprint density at radius 1 is 0.765 bits per heavy atom. The summed E-state index contributed by atoms with van der Waals surface area (Å²) in [6.07, 6.45) is 3.54. The average Bonchev–Trinajstić information content (AvgIpc) is 2.12. The van der Waals surface area contributed by atoms with Gasteiger partial charge in [0.15, 0.2) is 15.2 Å². The van der Waals surface area contributed by atoms with Crippen molar-refractivity contribution >= 4 is 27.6 Å². The first-order valence-corrected chi connectivity index (χ1v) is 8.16. The first-order chi connectivity index (χ1) is 7.62. The van der Waals surface area contributed by atoms with Gasteiger partial charge in [-0.15, -0.1) is 10.6 Å². The maximum Gasteiger partial charge on any atom is 0.198 e. The van der Waals surface area contributed by atoms with E-state index in [0.29, 0.717) is 0 Å². The topological polar surface area (TPSA) is 24.7 Å². The van der Waals surface area contributed by atoms with Crippen LogP contribution in [-0.4, -0.2) is 38.7 Å². The molecule has 0 rings (SSSR count). The van der Waals surface area contributed by atoms with Crippen LogP contribution in [-0.2, 0) is 0 Å². The summed E-state index contributed by atoms with van der Waals surface area (Å²) in [6.45, 7) is 16.9. The van der Waals surface area contributed by atoms with Crippen molar-refractivity contribution in [2.45, 2.75) is 77.0 Å². The quantitative estimate of drug-likeness (QED) is 0.529. The predicted molar refractivity (Wildman–Crippen MR) is 83.2 cm³/mol. The second kappa shape index (κ2) is 9.86. The highest BCUT2D eigenvalue weighted by Gasteiger charge is 2.05. The first kappa shape index (κ1) is 19.2. The summed E-state index contributed by atoms with van der Waals surface area (Å²) in [5, 5.41) is 2.85. The van der Waals surface area contributed by atoms with Gasteiger partial charge >= 0.3 is 0 Å². The van der Waals surface area contributed by atoms with E-state index < -0.39 is 0 Å². The molecule has 0 saturated carbocycles. The van der Waals surface area contributed by atoms with Crippen molar-refractivity contribution in [1.82, 2.24) is 0 Å². The van der Waals surface area contributed by atoms with Crippen molar-refractivity contribution in [1.29, 1.82) is 0 Å². The Labute approximate surface area is 115 Å². The van der Waals surface area contributed by atoms with E-state index in [2.05, 4.69) is 65.4 Å². The second-order valence-electron chi connectivity index (χ2n) is 6.00. The molecule has 0 unspecified atom stereocenters. The van der Waals surface area contributed by atoms with Crippen molar-refractivity contribution in [3.63, 3.8) is 0 Å². The zero-order valence-electron chi connectivity index (χ0n) is 13.0. The molecule has 0 atom stereocenters. The molecule has 0 spiro atoms. The van der Waals surface area contributed by atoms with Gasteiger partial charge in [-0.3, -0.25) is 9.98 Å². The minimum Gasteiger partial charge on any atom is -0.286 e. The lowest BCUT2D eigenvalue weighted by Crippen LogP contribution is -2.12. The monoisotopic (exact) mass is 253 g/mol.